The van der Waals surface area contributed by atoms with E-state index in [2.05, 4.69) is 0 Å². The van der Waals surface area contributed by atoms with Gasteiger partial charge < -0.3 is 4.74 Å². The fourth-order valence-electron chi connectivity index (χ4n) is 2.52. The van der Waals surface area contributed by atoms with Gasteiger partial charge in [-0.1, -0.05) is 12.1 Å². The quantitative estimate of drug-likeness (QED) is 0.855. The van der Waals surface area contributed by atoms with Crippen molar-refractivity contribution in [1.82, 2.24) is 0 Å². The van der Waals surface area contributed by atoms with Crippen LogP contribution in [-0.4, -0.2) is 21.3 Å². The Balaban J connectivity index is 2.03. The molecule has 0 fully saturated rings. The summed E-state index contributed by atoms with van der Waals surface area (Å²) in [7, 11) is -1.42. The van der Waals surface area contributed by atoms with Gasteiger partial charge in [-0.05, 0) is 41.1 Å². The lowest BCUT2D eigenvalue weighted by Gasteiger charge is -2.23. The van der Waals surface area contributed by atoms with E-state index in [0.717, 1.165) is 16.9 Å². The van der Waals surface area contributed by atoms with Crippen molar-refractivity contribution in [1.29, 1.82) is 0 Å². The maximum Gasteiger partial charge on any atom is 0.188 e. The van der Waals surface area contributed by atoms with Crippen LogP contribution < -0.4 is 4.74 Å². The van der Waals surface area contributed by atoms with E-state index in [0.29, 0.717) is 10.6 Å². The Morgan fingerprint density at radius 1 is 1.21 bits per heavy atom. The Morgan fingerprint density at radius 3 is 2.63 bits per heavy atom. The van der Waals surface area contributed by atoms with E-state index in [9.17, 15) is 8.42 Å². The number of ether oxygens (including phenoxy) is 1. The minimum absolute atomic E-state index is 0.177. The molecule has 0 radical (unpaired) electrons. The van der Waals surface area contributed by atoms with Crippen LogP contribution in [-0.2, 0) is 9.84 Å². The first kappa shape index (κ1) is 12.7. The lowest BCUT2D eigenvalue weighted by molar-refractivity contribution is 0.414. The molecule has 0 spiro atoms. The second-order valence-corrected chi connectivity index (χ2v) is 7.82. The molecule has 0 amide bonds. The van der Waals surface area contributed by atoms with E-state index in [1.165, 1.54) is 11.3 Å². The van der Waals surface area contributed by atoms with E-state index in [1.54, 1.807) is 7.11 Å². The zero-order valence-corrected chi connectivity index (χ0v) is 12.1. The van der Waals surface area contributed by atoms with Gasteiger partial charge in [0, 0.05) is 5.92 Å². The topological polar surface area (TPSA) is 43.4 Å². The van der Waals surface area contributed by atoms with Crippen molar-refractivity contribution in [2.24, 2.45) is 0 Å². The van der Waals surface area contributed by atoms with Crippen molar-refractivity contribution in [2.45, 2.75) is 16.5 Å². The Labute approximate surface area is 116 Å². The fraction of sp³-hybridized carbons (Fsp3) is 0.286. The molecule has 1 aromatic heterocycles. The van der Waals surface area contributed by atoms with Crippen LogP contribution >= 0.6 is 11.3 Å². The van der Waals surface area contributed by atoms with E-state index in [1.807, 2.05) is 35.7 Å². The van der Waals surface area contributed by atoms with E-state index in [4.69, 9.17) is 4.74 Å². The van der Waals surface area contributed by atoms with Gasteiger partial charge in [0.25, 0.3) is 0 Å². The lowest BCUT2D eigenvalue weighted by Crippen LogP contribution is -2.18. The normalized spacial score (nSPS) is 20.8. The van der Waals surface area contributed by atoms with Gasteiger partial charge in [-0.25, -0.2) is 8.42 Å². The molecule has 100 valence electrons. The van der Waals surface area contributed by atoms with Crippen molar-refractivity contribution in [3.63, 3.8) is 0 Å². The van der Waals surface area contributed by atoms with Crippen LogP contribution in [0.4, 0.5) is 0 Å². The highest BCUT2D eigenvalue weighted by Crippen LogP contribution is 2.41. The molecule has 0 saturated carbocycles. The Hall–Kier alpha value is -1.33. The van der Waals surface area contributed by atoms with Gasteiger partial charge in [0.05, 0.1) is 12.9 Å². The van der Waals surface area contributed by atoms with Gasteiger partial charge in [0.2, 0.25) is 0 Å². The van der Waals surface area contributed by atoms with Crippen LogP contribution in [0.25, 0.3) is 0 Å². The van der Waals surface area contributed by atoms with Crippen molar-refractivity contribution in [2.75, 3.05) is 12.9 Å². The molecule has 1 aliphatic heterocycles. The molecule has 0 aliphatic carbocycles. The summed E-state index contributed by atoms with van der Waals surface area (Å²) in [6.07, 6.45) is 0.651. The van der Waals surface area contributed by atoms with Crippen LogP contribution in [0.3, 0.4) is 0 Å². The molecule has 0 N–H and O–H groups in total. The third-order valence-corrected chi connectivity index (χ3v) is 6.86. The second-order valence-electron chi connectivity index (χ2n) is 4.60. The molecule has 3 rings (SSSR count). The van der Waals surface area contributed by atoms with Gasteiger partial charge in [0.1, 0.15) is 9.96 Å². The predicted octanol–water partition coefficient (Wildman–Crippen LogP) is 3.07. The molecule has 1 atom stereocenters. The minimum Gasteiger partial charge on any atom is -0.497 e. The number of sulfone groups is 1. The smallest absolute Gasteiger partial charge is 0.188 e. The number of methoxy groups -OCH3 is 1. The highest BCUT2D eigenvalue weighted by Gasteiger charge is 2.32. The first-order valence-corrected chi connectivity index (χ1v) is 8.59. The summed E-state index contributed by atoms with van der Waals surface area (Å²) < 4.78 is 29.7. The molecular weight excluding hydrogens is 280 g/mol. The maximum atomic E-state index is 12.0. The van der Waals surface area contributed by atoms with Gasteiger partial charge in [0.15, 0.2) is 9.84 Å². The van der Waals surface area contributed by atoms with E-state index < -0.39 is 9.84 Å². The molecular formula is C14H14O3S2. The number of hydrogen-bond donors (Lipinski definition) is 0. The zero-order valence-electron chi connectivity index (χ0n) is 10.5. The first-order chi connectivity index (χ1) is 9.12. The van der Waals surface area contributed by atoms with Crippen LogP contribution in [0.5, 0.6) is 5.75 Å². The predicted molar refractivity (Wildman–Crippen MR) is 75.8 cm³/mol. The standard InChI is InChI=1S/C14H14O3S2/c1-17-11-4-2-10(3-5-11)12-7-9-19(15,16)14-13(12)6-8-18-14/h2-6,8,12H,7,9H2,1H3. The summed E-state index contributed by atoms with van der Waals surface area (Å²) in [5.41, 5.74) is 2.09. The monoisotopic (exact) mass is 294 g/mol. The van der Waals surface area contributed by atoms with E-state index in [-0.39, 0.29) is 11.7 Å². The van der Waals surface area contributed by atoms with Crippen LogP contribution in [0.15, 0.2) is 39.9 Å². The van der Waals surface area contributed by atoms with Crippen LogP contribution in [0.2, 0.25) is 0 Å². The lowest BCUT2D eigenvalue weighted by atomic mass is 9.91. The van der Waals surface area contributed by atoms with Gasteiger partial charge in [-0.2, -0.15) is 0 Å². The molecule has 2 aromatic rings. The van der Waals surface area contributed by atoms with Gasteiger partial charge >= 0.3 is 0 Å². The Bertz CT molecular complexity index is 684. The summed E-state index contributed by atoms with van der Waals surface area (Å²) in [5, 5.41) is 1.87. The number of fused-ring (bicyclic) bond motifs is 1. The van der Waals surface area contributed by atoms with Crippen molar-refractivity contribution >= 4 is 21.2 Å². The Kier molecular flexibility index (Phi) is 3.11. The zero-order chi connectivity index (χ0) is 13.5. The molecule has 19 heavy (non-hydrogen) atoms. The van der Waals surface area contributed by atoms with Crippen LogP contribution in [0.1, 0.15) is 23.5 Å². The molecule has 1 aromatic carbocycles. The number of benzene rings is 1. The molecule has 1 unspecified atom stereocenters. The summed E-state index contributed by atoms with van der Waals surface area (Å²) >= 11 is 1.33. The largest absolute Gasteiger partial charge is 0.497 e. The molecule has 0 saturated heterocycles. The van der Waals surface area contributed by atoms with Crippen LogP contribution in [0, 0.1) is 0 Å². The second kappa shape index (κ2) is 4.65. The average molecular weight is 294 g/mol. The third-order valence-electron chi connectivity index (χ3n) is 3.51. The number of thiophene rings is 1. The Morgan fingerprint density at radius 2 is 1.95 bits per heavy atom. The summed E-state index contributed by atoms with van der Waals surface area (Å²) in [6.45, 7) is 0. The highest BCUT2D eigenvalue weighted by molar-refractivity contribution is 7.93. The summed E-state index contributed by atoms with van der Waals surface area (Å²) in [4.78, 5) is 0. The molecule has 1 aliphatic rings. The third kappa shape index (κ3) is 2.17. The summed E-state index contributed by atoms with van der Waals surface area (Å²) in [6, 6.07) is 9.81. The number of hydrogen-bond acceptors (Lipinski definition) is 4. The van der Waals surface area contributed by atoms with Crippen molar-refractivity contribution < 1.29 is 13.2 Å². The molecule has 0 bridgehead atoms. The first-order valence-electron chi connectivity index (χ1n) is 6.06. The molecule has 5 heteroatoms. The highest BCUT2D eigenvalue weighted by atomic mass is 32.2. The SMILES string of the molecule is COc1ccc(C2CCS(=O)(=O)c3sccc32)cc1. The fourth-order valence-corrected chi connectivity index (χ4v) is 5.51. The minimum atomic E-state index is -3.06. The maximum absolute atomic E-state index is 12.0. The van der Waals surface area contributed by atoms with Gasteiger partial charge in [-0.3, -0.25) is 0 Å². The molecule has 3 nitrogen and oxygen atoms in total. The van der Waals surface area contributed by atoms with Crippen molar-refractivity contribution in [3.05, 3.63) is 46.8 Å². The summed E-state index contributed by atoms with van der Waals surface area (Å²) in [5.74, 6) is 1.23. The average Bonchev–Trinajstić information content (AvgIpc) is 2.90. The van der Waals surface area contributed by atoms with Crippen molar-refractivity contribution in [3.8, 4) is 5.75 Å². The number of rotatable bonds is 2. The van der Waals surface area contributed by atoms with Gasteiger partial charge in [-0.15, -0.1) is 11.3 Å². The van der Waals surface area contributed by atoms with E-state index >= 15 is 0 Å². The molecule has 2 heterocycles.